The van der Waals surface area contributed by atoms with Crippen molar-refractivity contribution in [2.24, 2.45) is 5.92 Å². The molecule has 2 aromatic carbocycles. The van der Waals surface area contributed by atoms with E-state index in [-0.39, 0.29) is 0 Å². The van der Waals surface area contributed by atoms with Crippen molar-refractivity contribution in [2.75, 3.05) is 0 Å². The number of fused-ring (bicyclic) bond motifs is 3. The molecule has 0 saturated carbocycles. The molecule has 0 radical (unpaired) electrons. The predicted molar refractivity (Wildman–Crippen MR) is 105 cm³/mol. The molecule has 1 heterocycles. The average Bonchev–Trinajstić information content (AvgIpc) is 2.84. The van der Waals surface area contributed by atoms with Crippen LogP contribution in [0.3, 0.4) is 0 Å². The van der Waals surface area contributed by atoms with Gasteiger partial charge in [-0.1, -0.05) is 60.7 Å². The molecule has 1 nitrogen and oxygen atoms in total. The van der Waals surface area contributed by atoms with Crippen LogP contribution in [0, 0.1) is 12.8 Å². The van der Waals surface area contributed by atoms with Crippen LogP contribution in [0.15, 0.2) is 40.9 Å². The zero-order valence-electron chi connectivity index (χ0n) is 14.4. The third-order valence-electron chi connectivity index (χ3n) is 4.97. The van der Waals surface area contributed by atoms with Gasteiger partial charge in [0.15, 0.2) is 0 Å². The van der Waals surface area contributed by atoms with E-state index < -0.39 is 0 Å². The minimum absolute atomic E-state index is 0.763. The lowest BCUT2D eigenvalue weighted by Gasteiger charge is -2.17. The third kappa shape index (κ3) is 3.33. The second-order valence-electron chi connectivity index (χ2n) is 6.71. The Hall–Kier alpha value is -1.28. The molecule has 0 N–H and O–H groups in total. The zero-order chi connectivity index (χ0) is 16.4. The van der Waals surface area contributed by atoms with Gasteiger partial charge >= 0.3 is 0 Å². The smallest absolute Gasteiger partial charge is 0.0492 e. The van der Waals surface area contributed by atoms with E-state index in [1.54, 1.807) is 0 Å². The summed E-state index contributed by atoms with van der Waals surface area (Å²) < 4.78 is 3.70. The molecule has 1 aromatic heterocycles. The maximum absolute atomic E-state index is 3.64. The Morgan fingerprint density at radius 3 is 2.39 bits per heavy atom. The first-order chi connectivity index (χ1) is 11.1. The first-order valence-electron chi connectivity index (χ1n) is 8.82. The molecule has 0 spiro atoms. The number of unbranched alkanes of at least 4 members (excludes halogenated alkanes) is 1. The average molecular weight is 372 g/mol. The summed E-state index contributed by atoms with van der Waals surface area (Å²) in [5, 5.41) is 2.75. The molecular formula is C21H26BrN. The Balaban J connectivity index is 2.13. The lowest BCUT2D eigenvalue weighted by molar-refractivity contribution is 0.401. The standard InChI is InChI=1S/C21H26BrN/c1-4-6-7-16(5-2)14-23-20-10-8-15(3)12-18(20)19-13-17(22)9-11-21(19)23/h8-13,16H,4-7,14H2,1-3H3. The van der Waals surface area contributed by atoms with Crippen LogP contribution >= 0.6 is 15.9 Å². The normalized spacial score (nSPS) is 13.0. The quantitative estimate of drug-likeness (QED) is 0.436. The summed E-state index contributed by atoms with van der Waals surface area (Å²) in [5.41, 5.74) is 4.07. The number of halogens is 1. The fraction of sp³-hybridized carbons (Fsp3) is 0.429. The number of nitrogens with zero attached hydrogens (tertiary/aromatic N) is 1. The van der Waals surface area contributed by atoms with Gasteiger partial charge in [-0.3, -0.25) is 0 Å². The van der Waals surface area contributed by atoms with Crippen LogP contribution in [-0.2, 0) is 6.54 Å². The van der Waals surface area contributed by atoms with Crippen LogP contribution in [0.25, 0.3) is 21.8 Å². The largest absolute Gasteiger partial charge is 0.340 e. The van der Waals surface area contributed by atoms with Crippen molar-refractivity contribution in [1.29, 1.82) is 0 Å². The Bertz CT molecular complexity index is 756. The second-order valence-corrected chi connectivity index (χ2v) is 7.62. The first-order valence-corrected chi connectivity index (χ1v) is 9.61. The lowest BCUT2D eigenvalue weighted by atomic mass is 9.99. The van der Waals surface area contributed by atoms with Crippen molar-refractivity contribution in [1.82, 2.24) is 4.57 Å². The highest BCUT2D eigenvalue weighted by atomic mass is 79.9. The summed E-state index contributed by atoms with van der Waals surface area (Å²) in [5.74, 6) is 0.763. The molecule has 2 heteroatoms. The second kappa shape index (κ2) is 7.09. The lowest BCUT2D eigenvalue weighted by Crippen LogP contribution is -2.10. The fourth-order valence-electron chi connectivity index (χ4n) is 3.56. The summed E-state index contributed by atoms with van der Waals surface area (Å²) >= 11 is 3.64. The monoisotopic (exact) mass is 371 g/mol. The van der Waals surface area contributed by atoms with Gasteiger partial charge in [0.1, 0.15) is 0 Å². The summed E-state index contributed by atoms with van der Waals surface area (Å²) in [7, 11) is 0. The minimum Gasteiger partial charge on any atom is -0.340 e. The molecule has 3 rings (SSSR count). The van der Waals surface area contributed by atoms with Crippen molar-refractivity contribution in [2.45, 2.75) is 53.0 Å². The van der Waals surface area contributed by atoms with E-state index in [1.165, 1.54) is 53.1 Å². The van der Waals surface area contributed by atoms with Gasteiger partial charge in [-0.15, -0.1) is 0 Å². The van der Waals surface area contributed by atoms with Gasteiger partial charge in [0, 0.05) is 32.8 Å². The maximum Gasteiger partial charge on any atom is 0.0492 e. The predicted octanol–water partition coefficient (Wildman–Crippen LogP) is 7.08. The Kier molecular flexibility index (Phi) is 5.11. The summed E-state index contributed by atoms with van der Waals surface area (Å²) in [6.07, 6.45) is 5.20. The fourth-order valence-corrected chi connectivity index (χ4v) is 3.92. The number of rotatable bonds is 6. The first kappa shape index (κ1) is 16.6. The minimum atomic E-state index is 0.763. The van der Waals surface area contributed by atoms with Crippen molar-refractivity contribution in [3.63, 3.8) is 0 Å². The third-order valence-corrected chi connectivity index (χ3v) is 5.46. The molecule has 122 valence electrons. The van der Waals surface area contributed by atoms with E-state index in [9.17, 15) is 0 Å². The van der Waals surface area contributed by atoms with Crippen molar-refractivity contribution >= 4 is 37.7 Å². The van der Waals surface area contributed by atoms with E-state index in [2.05, 4.69) is 77.7 Å². The topological polar surface area (TPSA) is 4.93 Å². The molecule has 23 heavy (non-hydrogen) atoms. The highest BCUT2D eigenvalue weighted by molar-refractivity contribution is 9.10. The molecule has 0 aliphatic heterocycles. The molecule has 0 aliphatic carbocycles. The van der Waals surface area contributed by atoms with Gasteiger partial charge in [-0.2, -0.15) is 0 Å². The van der Waals surface area contributed by atoms with Gasteiger partial charge in [0.25, 0.3) is 0 Å². The summed E-state index contributed by atoms with van der Waals surface area (Å²) in [6, 6.07) is 13.6. The van der Waals surface area contributed by atoms with E-state index in [0.29, 0.717) is 0 Å². The number of aromatic nitrogens is 1. The van der Waals surface area contributed by atoms with E-state index in [0.717, 1.165) is 16.9 Å². The Morgan fingerprint density at radius 1 is 1.00 bits per heavy atom. The number of aryl methyl sites for hydroxylation is 1. The molecular weight excluding hydrogens is 346 g/mol. The SMILES string of the molecule is CCCCC(CC)Cn1c2ccc(C)cc2c2cc(Br)ccc21. The van der Waals surface area contributed by atoms with Crippen LogP contribution in [-0.4, -0.2) is 4.57 Å². The van der Waals surface area contributed by atoms with Crippen LogP contribution in [0.4, 0.5) is 0 Å². The van der Waals surface area contributed by atoms with Gasteiger partial charge in [-0.25, -0.2) is 0 Å². The Labute approximate surface area is 147 Å². The molecule has 3 aromatic rings. The molecule has 0 saturated heterocycles. The van der Waals surface area contributed by atoms with E-state index >= 15 is 0 Å². The van der Waals surface area contributed by atoms with E-state index in [1.807, 2.05) is 0 Å². The highest BCUT2D eigenvalue weighted by Gasteiger charge is 2.14. The van der Waals surface area contributed by atoms with Crippen molar-refractivity contribution in [3.05, 3.63) is 46.4 Å². The van der Waals surface area contributed by atoms with E-state index in [4.69, 9.17) is 0 Å². The molecule has 0 fully saturated rings. The molecule has 0 bridgehead atoms. The van der Waals surface area contributed by atoms with Crippen molar-refractivity contribution in [3.8, 4) is 0 Å². The van der Waals surface area contributed by atoms with Gasteiger partial charge in [-0.05, 0) is 49.6 Å². The summed E-state index contributed by atoms with van der Waals surface area (Å²) in [6.45, 7) is 7.92. The number of benzene rings is 2. The Morgan fingerprint density at radius 2 is 1.70 bits per heavy atom. The molecule has 1 atom stereocenters. The molecule has 1 unspecified atom stereocenters. The maximum atomic E-state index is 3.64. The van der Waals surface area contributed by atoms with Crippen molar-refractivity contribution < 1.29 is 0 Å². The highest BCUT2D eigenvalue weighted by Crippen LogP contribution is 2.33. The van der Waals surface area contributed by atoms with Crippen LogP contribution in [0.2, 0.25) is 0 Å². The molecule has 0 amide bonds. The number of hydrogen-bond donors (Lipinski definition) is 0. The molecule has 0 aliphatic rings. The van der Waals surface area contributed by atoms with Crippen LogP contribution in [0.1, 0.15) is 45.1 Å². The zero-order valence-corrected chi connectivity index (χ0v) is 16.0. The van der Waals surface area contributed by atoms with Crippen LogP contribution < -0.4 is 0 Å². The van der Waals surface area contributed by atoms with Gasteiger partial charge in [0.05, 0.1) is 0 Å². The number of hydrogen-bond acceptors (Lipinski definition) is 0. The van der Waals surface area contributed by atoms with Crippen LogP contribution in [0.5, 0.6) is 0 Å². The van der Waals surface area contributed by atoms with Gasteiger partial charge in [0.2, 0.25) is 0 Å². The summed E-state index contributed by atoms with van der Waals surface area (Å²) in [4.78, 5) is 0. The van der Waals surface area contributed by atoms with Gasteiger partial charge < -0.3 is 4.57 Å².